The molecule has 0 spiro atoms. The fourth-order valence-corrected chi connectivity index (χ4v) is 3.19. The third-order valence-electron chi connectivity index (χ3n) is 3.87. The highest BCUT2D eigenvalue weighted by Gasteiger charge is 2.09. The van der Waals surface area contributed by atoms with E-state index in [1.807, 2.05) is 17.5 Å². The van der Waals surface area contributed by atoms with Crippen molar-refractivity contribution in [3.05, 3.63) is 76.3 Å². The van der Waals surface area contributed by atoms with Gasteiger partial charge in [0.05, 0.1) is 11.4 Å². The van der Waals surface area contributed by atoms with Crippen LogP contribution in [0.1, 0.15) is 10.5 Å². The number of hydrogen-bond donors (Lipinski definition) is 1. The maximum Gasteiger partial charge on any atom is 0.271 e. The Kier molecular flexibility index (Phi) is 5.02. The number of nitrogens with zero attached hydrogens (tertiary/aromatic N) is 6. The van der Waals surface area contributed by atoms with Crippen LogP contribution in [0, 0.1) is 0 Å². The summed E-state index contributed by atoms with van der Waals surface area (Å²) in [6.07, 6.45) is 3.37. The van der Waals surface area contributed by atoms with Gasteiger partial charge < -0.3 is 5.32 Å². The minimum atomic E-state index is -0.373. The average Bonchev–Trinajstić information content (AvgIpc) is 3.44. The molecule has 0 fully saturated rings. The Morgan fingerprint density at radius 2 is 2.04 bits per heavy atom. The first kappa shape index (κ1) is 17.7. The molecule has 0 aliphatic heterocycles. The molecule has 0 saturated heterocycles. The van der Waals surface area contributed by atoms with Crippen LogP contribution in [0.3, 0.4) is 0 Å². The molecule has 0 aromatic carbocycles. The van der Waals surface area contributed by atoms with Gasteiger partial charge in [-0.2, -0.15) is 10.2 Å². The van der Waals surface area contributed by atoms with Gasteiger partial charge in [-0.05, 0) is 35.7 Å². The van der Waals surface area contributed by atoms with E-state index in [4.69, 9.17) is 0 Å². The van der Waals surface area contributed by atoms with Crippen molar-refractivity contribution >= 4 is 17.2 Å². The Labute approximate surface area is 163 Å². The number of carbonyl (C=O) groups excluding carboxylic acids is 1. The third-order valence-corrected chi connectivity index (χ3v) is 4.76. The van der Waals surface area contributed by atoms with Crippen LogP contribution in [0.2, 0.25) is 0 Å². The molecule has 4 aromatic heterocycles. The Balaban J connectivity index is 1.38. The van der Waals surface area contributed by atoms with Crippen molar-refractivity contribution in [2.24, 2.45) is 0 Å². The molecule has 0 aliphatic rings. The maximum atomic E-state index is 12.2. The molecular weight excluding hydrogens is 378 g/mol. The highest BCUT2D eigenvalue weighted by molar-refractivity contribution is 7.13. The predicted molar refractivity (Wildman–Crippen MR) is 103 cm³/mol. The summed E-state index contributed by atoms with van der Waals surface area (Å²) in [5.74, 6) is 0.143. The number of aromatic nitrogens is 6. The van der Waals surface area contributed by atoms with E-state index in [2.05, 4.69) is 25.7 Å². The molecule has 4 aromatic rings. The molecule has 10 heteroatoms. The van der Waals surface area contributed by atoms with E-state index in [0.717, 1.165) is 10.6 Å². The second kappa shape index (κ2) is 7.92. The number of carbonyl (C=O) groups is 1. The van der Waals surface area contributed by atoms with Gasteiger partial charge in [-0.25, -0.2) is 9.36 Å². The number of rotatable bonds is 6. The predicted octanol–water partition coefficient (Wildman–Crippen LogP) is 1.38. The number of nitrogens with one attached hydrogen (secondary N) is 1. The van der Waals surface area contributed by atoms with Crippen molar-refractivity contribution < 1.29 is 4.79 Å². The van der Waals surface area contributed by atoms with Gasteiger partial charge in [0.1, 0.15) is 5.69 Å². The Hall–Kier alpha value is -3.66. The lowest BCUT2D eigenvalue weighted by molar-refractivity contribution is 0.0945. The summed E-state index contributed by atoms with van der Waals surface area (Å²) in [6.45, 7) is 0.491. The molecule has 0 bridgehead atoms. The Morgan fingerprint density at radius 1 is 1.11 bits per heavy atom. The van der Waals surface area contributed by atoms with Crippen LogP contribution in [0.5, 0.6) is 0 Å². The molecule has 0 unspecified atom stereocenters. The summed E-state index contributed by atoms with van der Waals surface area (Å²) in [6, 6.07) is 12.0. The fraction of sp³-hybridized carbons (Fsp3) is 0.111. The van der Waals surface area contributed by atoms with Crippen molar-refractivity contribution in [3.63, 3.8) is 0 Å². The Bertz CT molecular complexity index is 1120. The standard InChI is InChI=1S/C18H15N7O2S/c26-17-7-5-13(15-3-1-12-28-15)23-25(17)11-9-19-18(27)14-4-6-16(22-21-14)24-10-2-8-20-24/h1-8,10,12H,9,11H2,(H,19,27). The quantitative estimate of drug-likeness (QED) is 0.530. The molecule has 0 radical (unpaired) electrons. The largest absolute Gasteiger partial charge is 0.349 e. The highest BCUT2D eigenvalue weighted by Crippen LogP contribution is 2.20. The molecule has 0 atom stereocenters. The van der Waals surface area contributed by atoms with Crippen molar-refractivity contribution in [2.75, 3.05) is 6.54 Å². The summed E-state index contributed by atoms with van der Waals surface area (Å²) in [7, 11) is 0. The molecule has 4 heterocycles. The average molecular weight is 393 g/mol. The van der Waals surface area contributed by atoms with Crippen molar-refractivity contribution in [1.82, 2.24) is 35.1 Å². The number of thiophene rings is 1. The van der Waals surface area contributed by atoms with E-state index in [-0.39, 0.29) is 30.2 Å². The summed E-state index contributed by atoms with van der Waals surface area (Å²) < 4.78 is 2.88. The van der Waals surface area contributed by atoms with Gasteiger partial charge in [-0.3, -0.25) is 9.59 Å². The molecule has 0 saturated carbocycles. The van der Waals surface area contributed by atoms with E-state index >= 15 is 0 Å². The van der Waals surface area contributed by atoms with Gasteiger partial charge in [0.2, 0.25) is 0 Å². The second-order valence-electron chi connectivity index (χ2n) is 5.74. The van der Waals surface area contributed by atoms with E-state index in [9.17, 15) is 9.59 Å². The van der Waals surface area contributed by atoms with Crippen LogP contribution in [-0.4, -0.2) is 42.2 Å². The topological polar surface area (TPSA) is 108 Å². The SMILES string of the molecule is O=C(NCCn1nc(-c2cccs2)ccc1=O)c1ccc(-n2cccn2)nn1. The lowest BCUT2D eigenvalue weighted by atomic mass is 10.3. The van der Waals surface area contributed by atoms with Gasteiger partial charge in [0, 0.05) is 25.0 Å². The molecule has 28 heavy (non-hydrogen) atoms. The minimum absolute atomic E-state index is 0.184. The Morgan fingerprint density at radius 3 is 2.75 bits per heavy atom. The molecule has 0 aliphatic carbocycles. The van der Waals surface area contributed by atoms with Crippen LogP contribution < -0.4 is 10.9 Å². The van der Waals surface area contributed by atoms with Gasteiger partial charge in [0.15, 0.2) is 11.5 Å². The fourth-order valence-electron chi connectivity index (χ4n) is 2.50. The molecule has 1 N–H and O–H groups in total. The first-order valence-corrected chi connectivity index (χ1v) is 9.33. The molecular formula is C18H15N7O2S. The van der Waals surface area contributed by atoms with Gasteiger partial charge in [-0.15, -0.1) is 21.5 Å². The zero-order valence-corrected chi connectivity index (χ0v) is 15.4. The highest BCUT2D eigenvalue weighted by atomic mass is 32.1. The van der Waals surface area contributed by atoms with Gasteiger partial charge in [-0.1, -0.05) is 6.07 Å². The minimum Gasteiger partial charge on any atom is -0.349 e. The zero-order valence-electron chi connectivity index (χ0n) is 14.6. The van der Waals surface area contributed by atoms with Crippen molar-refractivity contribution in [2.45, 2.75) is 6.54 Å². The zero-order chi connectivity index (χ0) is 19.3. The summed E-state index contributed by atoms with van der Waals surface area (Å²) in [5.41, 5.74) is 0.683. The van der Waals surface area contributed by atoms with Crippen LogP contribution >= 0.6 is 11.3 Å². The van der Waals surface area contributed by atoms with Crippen LogP contribution in [0.25, 0.3) is 16.4 Å². The smallest absolute Gasteiger partial charge is 0.271 e. The molecule has 140 valence electrons. The lowest BCUT2D eigenvalue weighted by Crippen LogP contribution is -2.32. The van der Waals surface area contributed by atoms with Crippen molar-refractivity contribution in [1.29, 1.82) is 0 Å². The first-order chi connectivity index (χ1) is 13.7. The van der Waals surface area contributed by atoms with Gasteiger partial charge in [0.25, 0.3) is 11.5 Å². The molecule has 1 amide bonds. The van der Waals surface area contributed by atoms with Gasteiger partial charge >= 0.3 is 0 Å². The molecule has 4 rings (SSSR count). The van der Waals surface area contributed by atoms with E-state index in [1.165, 1.54) is 10.7 Å². The van der Waals surface area contributed by atoms with Crippen LogP contribution in [0.4, 0.5) is 0 Å². The summed E-state index contributed by atoms with van der Waals surface area (Å²) in [4.78, 5) is 25.2. The van der Waals surface area contributed by atoms with E-state index in [1.54, 1.807) is 52.7 Å². The second-order valence-corrected chi connectivity index (χ2v) is 6.69. The van der Waals surface area contributed by atoms with E-state index < -0.39 is 0 Å². The maximum absolute atomic E-state index is 12.2. The molecule has 9 nitrogen and oxygen atoms in total. The summed E-state index contributed by atoms with van der Waals surface area (Å²) >= 11 is 1.55. The normalized spacial score (nSPS) is 10.7. The van der Waals surface area contributed by atoms with Crippen LogP contribution in [-0.2, 0) is 6.54 Å². The summed E-state index contributed by atoms with van der Waals surface area (Å²) in [5, 5.41) is 21.0. The van der Waals surface area contributed by atoms with E-state index in [0.29, 0.717) is 5.82 Å². The monoisotopic (exact) mass is 393 g/mol. The first-order valence-electron chi connectivity index (χ1n) is 8.45. The number of amides is 1. The van der Waals surface area contributed by atoms with Crippen molar-refractivity contribution in [3.8, 4) is 16.4 Å². The lowest BCUT2D eigenvalue weighted by Gasteiger charge is -2.08. The van der Waals surface area contributed by atoms with Crippen LogP contribution in [0.15, 0.2) is 65.0 Å². The third kappa shape index (κ3) is 3.86. The number of hydrogen-bond acceptors (Lipinski definition) is 7.